The van der Waals surface area contributed by atoms with Gasteiger partial charge in [-0.1, -0.05) is 15.9 Å². The third kappa shape index (κ3) is 5.69. The molecular formula is C17H29BrN2OSi. The monoisotopic (exact) mass is 384 g/mol. The zero-order chi connectivity index (χ0) is 16.0. The van der Waals surface area contributed by atoms with E-state index >= 15 is 0 Å². The van der Waals surface area contributed by atoms with Crippen LogP contribution in [-0.2, 0) is 4.43 Å². The van der Waals surface area contributed by atoms with Gasteiger partial charge in [-0.25, -0.2) is 0 Å². The summed E-state index contributed by atoms with van der Waals surface area (Å²) in [6.45, 7) is 13.5. The molecule has 1 aliphatic heterocycles. The molecule has 2 rings (SSSR count). The van der Waals surface area contributed by atoms with Crippen molar-refractivity contribution in [2.75, 3.05) is 44.2 Å². The van der Waals surface area contributed by atoms with Gasteiger partial charge in [0.05, 0.1) is 0 Å². The van der Waals surface area contributed by atoms with Crippen molar-refractivity contribution in [2.45, 2.75) is 32.5 Å². The van der Waals surface area contributed by atoms with Gasteiger partial charge in [-0.05, 0) is 63.3 Å². The van der Waals surface area contributed by atoms with E-state index in [2.05, 4.69) is 70.0 Å². The minimum Gasteiger partial charge on any atom is -0.418 e. The Morgan fingerprint density at radius 2 is 1.73 bits per heavy atom. The number of anilines is 1. The molecule has 1 fully saturated rings. The van der Waals surface area contributed by atoms with E-state index in [9.17, 15) is 0 Å². The fourth-order valence-electron chi connectivity index (χ4n) is 3.07. The van der Waals surface area contributed by atoms with Crippen molar-refractivity contribution in [3.63, 3.8) is 0 Å². The van der Waals surface area contributed by atoms with Crippen molar-refractivity contribution in [1.82, 2.24) is 4.90 Å². The van der Waals surface area contributed by atoms with E-state index in [0.717, 1.165) is 24.2 Å². The lowest BCUT2D eigenvalue weighted by Crippen LogP contribution is -2.47. The molecule has 3 nitrogen and oxygen atoms in total. The molecule has 0 aromatic heterocycles. The maximum atomic E-state index is 5.91. The van der Waals surface area contributed by atoms with E-state index in [4.69, 9.17) is 4.43 Å². The van der Waals surface area contributed by atoms with Crippen molar-refractivity contribution in [3.8, 4) is 0 Å². The number of hydrogen-bond acceptors (Lipinski definition) is 3. The fourth-order valence-corrected chi connectivity index (χ4v) is 5.27. The summed E-state index contributed by atoms with van der Waals surface area (Å²) < 4.78 is 7.06. The smallest absolute Gasteiger partial charge is 0.186 e. The molecule has 1 aromatic rings. The first-order valence-electron chi connectivity index (χ1n) is 8.37. The number of nitrogens with zero attached hydrogens (tertiary/aromatic N) is 2. The van der Waals surface area contributed by atoms with Gasteiger partial charge in [0.25, 0.3) is 0 Å². The quantitative estimate of drug-likeness (QED) is 0.654. The lowest BCUT2D eigenvalue weighted by molar-refractivity contribution is 0.255. The molecule has 0 aliphatic carbocycles. The number of halogens is 1. The van der Waals surface area contributed by atoms with Crippen LogP contribution in [0.1, 0.15) is 13.3 Å². The van der Waals surface area contributed by atoms with Crippen LogP contribution in [0.2, 0.25) is 19.1 Å². The fraction of sp³-hybridized carbons (Fsp3) is 0.647. The lowest BCUT2D eigenvalue weighted by Gasteiger charge is -2.36. The molecule has 0 amide bonds. The summed E-state index contributed by atoms with van der Waals surface area (Å²) in [6, 6.07) is 9.93. The van der Waals surface area contributed by atoms with Crippen LogP contribution in [0.4, 0.5) is 5.69 Å². The first-order valence-corrected chi connectivity index (χ1v) is 12.3. The third-order valence-electron chi connectivity index (χ3n) is 4.35. The number of hydrogen-bond donors (Lipinski definition) is 0. The molecule has 0 spiro atoms. The van der Waals surface area contributed by atoms with Crippen LogP contribution in [0, 0.1) is 0 Å². The summed E-state index contributed by atoms with van der Waals surface area (Å²) in [5.74, 6) is 0. The van der Waals surface area contributed by atoms with Crippen molar-refractivity contribution < 1.29 is 4.43 Å². The topological polar surface area (TPSA) is 15.7 Å². The van der Waals surface area contributed by atoms with Gasteiger partial charge in [-0.15, -0.1) is 0 Å². The summed E-state index contributed by atoms with van der Waals surface area (Å²) in [5, 5.41) is 0. The minimum atomic E-state index is -1.40. The Hall–Kier alpha value is -0.363. The maximum absolute atomic E-state index is 5.91. The molecule has 22 heavy (non-hydrogen) atoms. The summed E-state index contributed by atoms with van der Waals surface area (Å²) in [5.41, 5.74) is 1.34. The molecule has 1 saturated heterocycles. The first kappa shape index (κ1) is 18.0. The van der Waals surface area contributed by atoms with E-state index in [1.54, 1.807) is 0 Å². The summed E-state index contributed by atoms with van der Waals surface area (Å²) in [6.07, 6.45) is 1.28. The van der Waals surface area contributed by atoms with E-state index in [-0.39, 0.29) is 0 Å². The zero-order valence-electron chi connectivity index (χ0n) is 14.1. The third-order valence-corrected chi connectivity index (χ3v) is 7.51. The van der Waals surface area contributed by atoms with Gasteiger partial charge >= 0.3 is 0 Å². The SMILES string of the molecule is CCO[Si](C)(C)CCCN1CCN(c2ccc(Br)cc2)CC1. The highest BCUT2D eigenvalue weighted by Gasteiger charge is 2.22. The Kier molecular flexibility index (Phi) is 6.93. The molecule has 0 N–H and O–H groups in total. The molecule has 124 valence electrons. The van der Waals surface area contributed by atoms with Crippen LogP contribution in [0.15, 0.2) is 28.7 Å². The second kappa shape index (κ2) is 8.48. The Bertz CT molecular complexity index is 444. The predicted octanol–water partition coefficient (Wildman–Crippen LogP) is 4.20. The Morgan fingerprint density at radius 1 is 1.09 bits per heavy atom. The molecule has 0 radical (unpaired) electrons. The molecular weight excluding hydrogens is 356 g/mol. The summed E-state index contributed by atoms with van der Waals surface area (Å²) in [4.78, 5) is 5.09. The van der Waals surface area contributed by atoms with E-state index < -0.39 is 8.32 Å². The highest BCUT2D eigenvalue weighted by atomic mass is 79.9. The average Bonchev–Trinajstić information content (AvgIpc) is 2.48. The van der Waals surface area contributed by atoms with Gasteiger partial charge in [-0.3, -0.25) is 4.90 Å². The molecule has 0 unspecified atom stereocenters. The minimum absolute atomic E-state index is 0.866. The average molecular weight is 385 g/mol. The van der Waals surface area contributed by atoms with Gasteiger partial charge in [0, 0.05) is 42.9 Å². The van der Waals surface area contributed by atoms with Crippen molar-refractivity contribution in [3.05, 3.63) is 28.7 Å². The van der Waals surface area contributed by atoms with Gasteiger partial charge in [-0.2, -0.15) is 0 Å². The molecule has 0 saturated carbocycles. The molecule has 0 bridgehead atoms. The second-order valence-electron chi connectivity index (χ2n) is 6.60. The molecule has 1 heterocycles. The van der Waals surface area contributed by atoms with Crippen LogP contribution < -0.4 is 4.90 Å². The Balaban J connectivity index is 1.70. The summed E-state index contributed by atoms with van der Waals surface area (Å²) >= 11 is 3.50. The van der Waals surface area contributed by atoms with Gasteiger partial charge < -0.3 is 9.33 Å². The lowest BCUT2D eigenvalue weighted by atomic mass is 10.2. The first-order chi connectivity index (χ1) is 10.5. The van der Waals surface area contributed by atoms with Crippen LogP contribution in [0.3, 0.4) is 0 Å². The van der Waals surface area contributed by atoms with Crippen molar-refractivity contribution >= 4 is 29.9 Å². The highest BCUT2D eigenvalue weighted by Crippen LogP contribution is 2.20. The highest BCUT2D eigenvalue weighted by molar-refractivity contribution is 9.10. The van der Waals surface area contributed by atoms with Crippen molar-refractivity contribution in [1.29, 1.82) is 0 Å². The predicted molar refractivity (Wildman–Crippen MR) is 101 cm³/mol. The van der Waals surface area contributed by atoms with Crippen LogP contribution in [-0.4, -0.2) is 52.5 Å². The second-order valence-corrected chi connectivity index (χ2v) is 11.8. The molecule has 1 aliphatic rings. The van der Waals surface area contributed by atoms with Crippen LogP contribution >= 0.6 is 15.9 Å². The Morgan fingerprint density at radius 3 is 2.32 bits per heavy atom. The number of rotatable bonds is 7. The van der Waals surface area contributed by atoms with Gasteiger partial charge in [0.15, 0.2) is 8.32 Å². The molecule has 0 atom stereocenters. The Labute approximate surface area is 144 Å². The van der Waals surface area contributed by atoms with Crippen LogP contribution in [0.5, 0.6) is 0 Å². The standard InChI is InChI=1S/C17H29BrN2OSi/c1-4-21-22(2,3)15-5-10-19-11-13-20(14-12-19)17-8-6-16(18)7-9-17/h6-9H,4-5,10-15H2,1-3H3. The van der Waals surface area contributed by atoms with Gasteiger partial charge in [0.1, 0.15) is 0 Å². The van der Waals surface area contributed by atoms with Crippen molar-refractivity contribution in [2.24, 2.45) is 0 Å². The molecule has 5 heteroatoms. The van der Waals surface area contributed by atoms with Gasteiger partial charge in [0.2, 0.25) is 0 Å². The number of piperazine rings is 1. The summed E-state index contributed by atoms with van der Waals surface area (Å²) in [7, 11) is -1.40. The largest absolute Gasteiger partial charge is 0.418 e. The maximum Gasteiger partial charge on any atom is 0.186 e. The van der Waals surface area contributed by atoms with E-state index in [1.165, 1.54) is 37.8 Å². The number of benzene rings is 1. The zero-order valence-corrected chi connectivity index (χ0v) is 16.7. The van der Waals surface area contributed by atoms with E-state index in [0.29, 0.717) is 0 Å². The normalized spacial score (nSPS) is 17.0. The molecule has 1 aromatic carbocycles. The van der Waals surface area contributed by atoms with Crippen LogP contribution in [0.25, 0.3) is 0 Å². The van der Waals surface area contributed by atoms with E-state index in [1.807, 2.05) is 0 Å².